The second-order valence-corrected chi connectivity index (χ2v) is 8.42. The Balaban J connectivity index is 1.85. The molecule has 0 aliphatic heterocycles. The summed E-state index contributed by atoms with van der Waals surface area (Å²) in [6.45, 7) is 8.69. The molecule has 0 unspecified atom stereocenters. The van der Waals surface area contributed by atoms with Gasteiger partial charge in [0.2, 0.25) is 0 Å². The second kappa shape index (κ2) is 6.44. The number of rotatable bonds is 3. The van der Waals surface area contributed by atoms with Crippen molar-refractivity contribution in [3.63, 3.8) is 0 Å². The summed E-state index contributed by atoms with van der Waals surface area (Å²) < 4.78 is 0. The van der Waals surface area contributed by atoms with Crippen molar-refractivity contribution in [1.82, 2.24) is 9.97 Å². The van der Waals surface area contributed by atoms with Crippen LogP contribution in [0.2, 0.25) is 0 Å². The van der Waals surface area contributed by atoms with Gasteiger partial charge < -0.3 is 4.98 Å². The third-order valence-corrected chi connectivity index (χ3v) is 5.17. The Bertz CT molecular complexity index is 907. The van der Waals surface area contributed by atoms with Crippen LogP contribution in [-0.2, 0) is 5.41 Å². The minimum Gasteiger partial charge on any atom is -0.309 e. The number of nitrogens with zero attached hydrogens (tertiary/aromatic N) is 1. The number of thioether (sulfide) groups is 1. The Morgan fingerprint density at radius 1 is 1.04 bits per heavy atom. The Morgan fingerprint density at radius 2 is 1.71 bits per heavy atom. The van der Waals surface area contributed by atoms with Crippen molar-refractivity contribution in [2.45, 2.75) is 43.3 Å². The molecule has 0 bridgehead atoms. The van der Waals surface area contributed by atoms with Gasteiger partial charge in [0.05, 0.1) is 16.2 Å². The smallest absolute Gasteiger partial charge is 0.258 e. The number of benzene rings is 2. The van der Waals surface area contributed by atoms with Crippen LogP contribution in [0.4, 0.5) is 0 Å². The number of fused-ring (bicyclic) bond motifs is 1. The molecule has 3 rings (SSSR count). The first kappa shape index (κ1) is 16.8. The fourth-order valence-electron chi connectivity index (χ4n) is 2.59. The molecule has 2 aromatic carbocycles. The molecule has 1 heterocycles. The van der Waals surface area contributed by atoms with Crippen molar-refractivity contribution in [3.8, 4) is 0 Å². The fourth-order valence-corrected chi connectivity index (χ4v) is 3.52. The summed E-state index contributed by atoms with van der Waals surface area (Å²) in [7, 11) is 0. The molecule has 0 radical (unpaired) electrons. The van der Waals surface area contributed by atoms with Gasteiger partial charge in [-0.25, -0.2) is 4.98 Å². The SMILES string of the molecule is C[C@H](Sc1ccc(C(C)(C)C)cc1)c1nc2ccccc2c(=O)[nH]1. The van der Waals surface area contributed by atoms with Gasteiger partial charge in [0.15, 0.2) is 0 Å². The van der Waals surface area contributed by atoms with Gasteiger partial charge >= 0.3 is 0 Å². The van der Waals surface area contributed by atoms with Gasteiger partial charge in [-0.2, -0.15) is 0 Å². The molecule has 0 aliphatic rings. The Labute approximate surface area is 146 Å². The molecule has 0 fully saturated rings. The summed E-state index contributed by atoms with van der Waals surface area (Å²) in [5.74, 6) is 0.712. The average molecular weight is 338 g/mol. The first-order valence-electron chi connectivity index (χ1n) is 8.11. The molecule has 24 heavy (non-hydrogen) atoms. The van der Waals surface area contributed by atoms with Gasteiger partial charge in [0, 0.05) is 4.90 Å². The van der Waals surface area contributed by atoms with E-state index in [4.69, 9.17) is 0 Å². The summed E-state index contributed by atoms with van der Waals surface area (Å²) >= 11 is 1.70. The van der Waals surface area contributed by atoms with Crippen LogP contribution in [-0.4, -0.2) is 9.97 Å². The van der Waals surface area contributed by atoms with E-state index in [0.717, 1.165) is 5.52 Å². The molecule has 0 aliphatic carbocycles. The highest BCUT2D eigenvalue weighted by Gasteiger charge is 2.15. The summed E-state index contributed by atoms with van der Waals surface area (Å²) in [6.07, 6.45) is 0. The van der Waals surface area contributed by atoms with Crippen molar-refractivity contribution >= 4 is 22.7 Å². The van der Waals surface area contributed by atoms with E-state index in [1.807, 2.05) is 18.2 Å². The summed E-state index contributed by atoms with van der Waals surface area (Å²) in [5.41, 5.74) is 2.13. The van der Waals surface area contributed by atoms with Crippen molar-refractivity contribution in [3.05, 3.63) is 70.3 Å². The fraction of sp³-hybridized carbons (Fsp3) is 0.300. The van der Waals surface area contributed by atoms with E-state index < -0.39 is 0 Å². The van der Waals surface area contributed by atoms with E-state index in [0.29, 0.717) is 11.2 Å². The van der Waals surface area contributed by atoms with Crippen molar-refractivity contribution < 1.29 is 0 Å². The van der Waals surface area contributed by atoms with E-state index >= 15 is 0 Å². The maximum absolute atomic E-state index is 12.2. The summed E-state index contributed by atoms with van der Waals surface area (Å²) in [6, 6.07) is 16.1. The number of nitrogens with one attached hydrogen (secondary N) is 1. The zero-order chi connectivity index (χ0) is 17.3. The average Bonchev–Trinajstić information content (AvgIpc) is 2.54. The molecular formula is C20H22N2OS. The zero-order valence-corrected chi connectivity index (χ0v) is 15.3. The minimum atomic E-state index is -0.0777. The number of aromatic amines is 1. The van der Waals surface area contributed by atoms with Crippen molar-refractivity contribution in [2.75, 3.05) is 0 Å². The van der Waals surface area contributed by atoms with E-state index in [2.05, 4.69) is 61.9 Å². The molecule has 0 spiro atoms. The highest BCUT2D eigenvalue weighted by molar-refractivity contribution is 7.99. The molecule has 3 nitrogen and oxygen atoms in total. The number of hydrogen-bond acceptors (Lipinski definition) is 3. The van der Waals surface area contributed by atoms with Crippen LogP contribution in [0, 0.1) is 0 Å². The summed E-state index contributed by atoms with van der Waals surface area (Å²) in [4.78, 5) is 20.9. The molecular weight excluding hydrogens is 316 g/mol. The van der Waals surface area contributed by atoms with E-state index in [9.17, 15) is 4.79 Å². The monoisotopic (exact) mass is 338 g/mol. The molecule has 3 aromatic rings. The van der Waals surface area contributed by atoms with Crippen LogP contribution in [0.1, 0.15) is 44.3 Å². The van der Waals surface area contributed by atoms with E-state index in [1.165, 1.54) is 10.5 Å². The molecule has 4 heteroatoms. The third kappa shape index (κ3) is 3.54. The lowest BCUT2D eigenvalue weighted by atomic mass is 9.87. The van der Waals surface area contributed by atoms with Crippen LogP contribution < -0.4 is 5.56 Å². The Morgan fingerprint density at radius 3 is 2.38 bits per heavy atom. The van der Waals surface area contributed by atoms with Gasteiger partial charge in [0.25, 0.3) is 5.56 Å². The first-order valence-corrected chi connectivity index (χ1v) is 8.99. The largest absolute Gasteiger partial charge is 0.309 e. The number of hydrogen-bond donors (Lipinski definition) is 1. The highest BCUT2D eigenvalue weighted by atomic mass is 32.2. The van der Waals surface area contributed by atoms with Crippen LogP contribution in [0.3, 0.4) is 0 Å². The van der Waals surface area contributed by atoms with Crippen LogP contribution in [0.5, 0.6) is 0 Å². The van der Waals surface area contributed by atoms with Crippen LogP contribution in [0.15, 0.2) is 58.2 Å². The van der Waals surface area contributed by atoms with Crippen LogP contribution in [0.25, 0.3) is 10.9 Å². The third-order valence-electron chi connectivity index (χ3n) is 4.05. The lowest BCUT2D eigenvalue weighted by Crippen LogP contribution is -2.12. The van der Waals surface area contributed by atoms with Crippen molar-refractivity contribution in [2.24, 2.45) is 0 Å². The topological polar surface area (TPSA) is 45.8 Å². The van der Waals surface area contributed by atoms with E-state index in [-0.39, 0.29) is 16.2 Å². The Kier molecular flexibility index (Phi) is 4.50. The molecule has 0 saturated carbocycles. The van der Waals surface area contributed by atoms with Crippen LogP contribution >= 0.6 is 11.8 Å². The highest BCUT2D eigenvalue weighted by Crippen LogP contribution is 2.34. The van der Waals surface area contributed by atoms with Gasteiger partial charge in [-0.3, -0.25) is 4.79 Å². The zero-order valence-electron chi connectivity index (χ0n) is 14.5. The first-order chi connectivity index (χ1) is 11.3. The van der Waals surface area contributed by atoms with Gasteiger partial charge in [-0.15, -0.1) is 11.8 Å². The predicted octanol–water partition coefficient (Wildman–Crippen LogP) is 5.07. The summed E-state index contributed by atoms with van der Waals surface area (Å²) in [5, 5.41) is 0.704. The molecule has 1 atom stereocenters. The van der Waals surface area contributed by atoms with Gasteiger partial charge in [-0.1, -0.05) is 45.0 Å². The molecule has 124 valence electrons. The minimum absolute atomic E-state index is 0.0720. The molecule has 1 N–H and O–H groups in total. The lowest BCUT2D eigenvalue weighted by molar-refractivity contribution is 0.590. The lowest BCUT2D eigenvalue weighted by Gasteiger charge is -2.19. The predicted molar refractivity (Wildman–Crippen MR) is 102 cm³/mol. The molecule has 0 saturated heterocycles. The van der Waals surface area contributed by atoms with E-state index in [1.54, 1.807) is 17.8 Å². The molecule has 1 aromatic heterocycles. The normalized spacial score (nSPS) is 13.2. The second-order valence-electron chi connectivity index (χ2n) is 7.00. The number of aromatic nitrogens is 2. The maximum atomic E-state index is 12.2. The van der Waals surface area contributed by atoms with Crippen molar-refractivity contribution in [1.29, 1.82) is 0 Å². The van der Waals surface area contributed by atoms with Gasteiger partial charge in [-0.05, 0) is 42.2 Å². The number of H-pyrrole nitrogens is 1. The Hall–Kier alpha value is -2.07. The molecule has 0 amide bonds. The maximum Gasteiger partial charge on any atom is 0.258 e. The number of para-hydroxylation sites is 1. The van der Waals surface area contributed by atoms with Gasteiger partial charge in [0.1, 0.15) is 5.82 Å². The standard InChI is InChI=1S/C20H22N2OS/c1-13(24-15-11-9-14(10-12-15)20(2,3)4)18-21-17-8-6-5-7-16(17)19(23)22-18/h5-13H,1-4H3,(H,21,22,23)/t13-/m0/s1. The quantitative estimate of drug-likeness (QED) is 0.678.